The molecule has 3 atom stereocenters. The lowest BCUT2D eigenvalue weighted by atomic mass is 9.91. The van der Waals surface area contributed by atoms with Crippen molar-refractivity contribution in [3.8, 4) is 0 Å². The molecule has 0 bridgehead atoms. The molecule has 0 fully saturated rings. The SMILES string of the molecule is C=CCCC(NC(=O)C=C)[C@@H](O)[C@H](Cc1ccccc1)N(Cc1ccccc1)Cc1ccccc1. The van der Waals surface area contributed by atoms with Gasteiger partial charge >= 0.3 is 0 Å². The van der Waals surface area contributed by atoms with Crippen LogP contribution in [0.25, 0.3) is 0 Å². The molecule has 0 aromatic heterocycles. The standard InChI is InChI=1S/C31H36N2O2/c1-3-5-21-28(32-30(34)4-2)31(35)29(22-25-15-9-6-10-16-25)33(23-26-17-11-7-12-18-26)24-27-19-13-8-14-20-27/h3-4,6-20,28-29,31,35H,1-2,5,21-24H2,(H,32,34)/t28?,29-,31+/m0/s1. The van der Waals surface area contributed by atoms with Crippen molar-refractivity contribution in [2.75, 3.05) is 0 Å². The zero-order valence-corrected chi connectivity index (χ0v) is 20.3. The van der Waals surface area contributed by atoms with E-state index in [9.17, 15) is 9.90 Å². The molecule has 0 radical (unpaired) electrons. The Hall–Kier alpha value is -3.47. The second kappa shape index (κ2) is 14.1. The molecule has 0 saturated carbocycles. The highest BCUT2D eigenvalue weighted by Gasteiger charge is 2.33. The molecule has 1 amide bonds. The topological polar surface area (TPSA) is 52.6 Å². The minimum Gasteiger partial charge on any atom is -0.389 e. The maximum atomic E-state index is 12.2. The first-order valence-corrected chi connectivity index (χ1v) is 12.2. The third-order valence-electron chi connectivity index (χ3n) is 6.21. The van der Waals surface area contributed by atoms with Crippen LogP contribution in [0.15, 0.2) is 116 Å². The van der Waals surface area contributed by atoms with Gasteiger partial charge in [0.25, 0.3) is 0 Å². The van der Waals surface area contributed by atoms with Gasteiger partial charge in [0.2, 0.25) is 5.91 Å². The number of amides is 1. The Morgan fingerprint density at radius 2 is 1.31 bits per heavy atom. The summed E-state index contributed by atoms with van der Waals surface area (Å²) in [4.78, 5) is 14.6. The van der Waals surface area contributed by atoms with Crippen LogP contribution in [-0.4, -0.2) is 34.1 Å². The zero-order valence-electron chi connectivity index (χ0n) is 20.3. The molecule has 182 valence electrons. The molecule has 4 heteroatoms. The summed E-state index contributed by atoms with van der Waals surface area (Å²) in [5.41, 5.74) is 3.48. The first kappa shape index (κ1) is 26.1. The fraction of sp³-hybridized carbons (Fsp3) is 0.258. The van der Waals surface area contributed by atoms with E-state index in [0.717, 1.165) is 5.56 Å². The molecular weight excluding hydrogens is 432 g/mol. The number of benzene rings is 3. The second-order valence-corrected chi connectivity index (χ2v) is 8.81. The number of aliphatic hydroxyl groups excluding tert-OH is 1. The monoisotopic (exact) mass is 468 g/mol. The lowest BCUT2D eigenvalue weighted by molar-refractivity contribution is -0.118. The Morgan fingerprint density at radius 3 is 1.77 bits per heavy atom. The van der Waals surface area contributed by atoms with E-state index >= 15 is 0 Å². The smallest absolute Gasteiger partial charge is 0.243 e. The van der Waals surface area contributed by atoms with Crippen molar-refractivity contribution in [3.63, 3.8) is 0 Å². The van der Waals surface area contributed by atoms with Crippen LogP contribution < -0.4 is 5.32 Å². The number of carbonyl (C=O) groups is 1. The Balaban J connectivity index is 1.99. The van der Waals surface area contributed by atoms with E-state index < -0.39 is 12.1 Å². The summed E-state index contributed by atoms with van der Waals surface area (Å²) in [6, 6.07) is 30.2. The molecule has 0 aliphatic carbocycles. The van der Waals surface area contributed by atoms with Gasteiger partial charge < -0.3 is 10.4 Å². The van der Waals surface area contributed by atoms with E-state index in [0.29, 0.717) is 32.4 Å². The fourth-order valence-corrected chi connectivity index (χ4v) is 4.38. The second-order valence-electron chi connectivity index (χ2n) is 8.81. The molecule has 3 aromatic rings. The lowest BCUT2D eigenvalue weighted by Gasteiger charge is -2.38. The number of hydrogen-bond donors (Lipinski definition) is 2. The van der Waals surface area contributed by atoms with Gasteiger partial charge in [-0.05, 0) is 42.0 Å². The average Bonchev–Trinajstić information content (AvgIpc) is 2.90. The summed E-state index contributed by atoms with van der Waals surface area (Å²) in [5.74, 6) is -0.283. The van der Waals surface area contributed by atoms with Gasteiger partial charge in [-0.1, -0.05) is 104 Å². The molecular formula is C31H36N2O2. The minimum atomic E-state index is -0.800. The van der Waals surface area contributed by atoms with Crippen LogP contribution in [0.2, 0.25) is 0 Å². The van der Waals surface area contributed by atoms with Crippen LogP contribution in [0.3, 0.4) is 0 Å². The van der Waals surface area contributed by atoms with E-state index in [2.05, 4.69) is 59.8 Å². The maximum Gasteiger partial charge on any atom is 0.243 e. The highest BCUT2D eigenvalue weighted by Crippen LogP contribution is 2.22. The Kier molecular flexibility index (Phi) is 10.5. The molecule has 2 N–H and O–H groups in total. The summed E-state index contributed by atoms with van der Waals surface area (Å²) >= 11 is 0. The normalized spacial score (nSPS) is 13.5. The Bertz CT molecular complexity index is 996. The summed E-state index contributed by atoms with van der Waals surface area (Å²) in [7, 11) is 0. The molecule has 4 nitrogen and oxygen atoms in total. The predicted octanol–water partition coefficient (Wildman–Crippen LogP) is 5.30. The number of nitrogens with zero attached hydrogens (tertiary/aromatic N) is 1. The third-order valence-corrected chi connectivity index (χ3v) is 6.21. The van der Waals surface area contributed by atoms with Gasteiger partial charge in [0.15, 0.2) is 0 Å². The molecule has 0 aliphatic heterocycles. The van der Waals surface area contributed by atoms with E-state index in [1.807, 2.05) is 60.7 Å². The number of aliphatic hydroxyl groups is 1. The van der Waals surface area contributed by atoms with E-state index in [1.54, 1.807) is 0 Å². The van der Waals surface area contributed by atoms with Crippen LogP contribution in [0.5, 0.6) is 0 Å². The Labute approximate surface area is 209 Å². The van der Waals surface area contributed by atoms with Gasteiger partial charge in [0.05, 0.1) is 12.1 Å². The third kappa shape index (κ3) is 8.36. The summed E-state index contributed by atoms with van der Waals surface area (Å²) < 4.78 is 0. The minimum absolute atomic E-state index is 0.238. The van der Waals surface area contributed by atoms with Crippen LogP contribution >= 0.6 is 0 Å². The number of rotatable bonds is 14. The molecule has 0 heterocycles. The van der Waals surface area contributed by atoms with Crippen LogP contribution in [0, 0.1) is 0 Å². The molecule has 35 heavy (non-hydrogen) atoms. The van der Waals surface area contributed by atoms with Crippen molar-refractivity contribution in [3.05, 3.63) is 133 Å². The van der Waals surface area contributed by atoms with Crippen LogP contribution in [-0.2, 0) is 24.3 Å². The van der Waals surface area contributed by atoms with Crippen molar-refractivity contribution >= 4 is 5.91 Å². The van der Waals surface area contributed by atoms with Crippen molar-refractivity contribution < 1.29 is 9.90 Å². The van der Waals surface area contributed by atoms with E-state index in [-0.39, 0.29) is 11.9 Å². The van der Waals surface area contributed by atoms with Gasteiger partial charge in [0.1, 0.15) is 0 Å². The van der Waals surface area contributed by atoms with Crippen LogP contribution in [0.4, 0.5) is 0 Å². The highest BCUT2D eigenvalue weighted by atomic mass is 16.3. The quantitative estimate of drug-likeness (QED) is 0.249. The summed E-state index contributed by atoms with van der Waals surface area (Å²) in [6.45, 7) is 8.76. The van der Waals surface area contributed by atoms with Gasteiger partial charge in [-0.3, -0.25) is 9.69 Å². The first-order chi connectivity index (χ1) is 17.1. The molecule has 3 rings (SSSR count). The summed E-state index contributed by atoms with van der Waals surface area (Å²) in [5, 5.41) is 14.8. The fourth-order valence-electron chi connectivity index (χ4n) is 4.38. The van der Waals surface area contributed by atoms with Gasteiger partial charge in [-0.15, -0.1) is 6.58 Å². The Morgan fingerprint density at radius 1 is 0.829 bits per heavy atom. The molecule has 0 saturated heterocycles. The molecule has 3 aromatic carbocycles. The number of hydrogen-bond acceptors (Lipinski definition) is 3. The van der Waals surface area contributed by atoms with Gasteiger partial charge in [-0.25, -0.2) is 0 Å². The lowest BCUT2D eigenvalue weighted by Crippen LogP contribution is -2.54. The number of nitrogens with one attached hydrogen (secondary N) is 1. The van der Waals surface area contributed by atoms with Crippen molar-refractivity contribution in [1.82, 2.24) is 10.2 Å². The molecule has 1 unspecified atom stereocenters. The van der Waals surface area contributed by atoms with Crippen LogP contribution in [0.1, 0.15) is 29.5 Å². The summed E-state index contributed by atoms with van der Waals surface area (Å²) in [6.07, 6.45) is 4.21. The van der Waals surface area contributed by atoms with Gasteiger partial charge in [0, 0.05) is 19.1 Å². The zero-order chi connectivity index (χ0) is 24.9. The largest absolute Gasteiger partial charge is 0.389 e. The van der Waals surface area contributed by atoms with E-state index in [4.69, 9.17) is 0 Å². The average molecular weight is 469 g/mol. The predicted molar refractivity (Wildman–Crippen MR) is 144 cm³/mol. The molecule has 0 aliphatic rings. The number of carbonyl (C=O) groups excluding carboxylic acids is 1. The number of allylic oxidation sites excluding steroid dienone is 1. The first-order valence-electron chi connectivity index (χ1n) is 12.2. The van der Waals surface area contributed by atoms with Crippen molar-refractivity contribution in [2.45, 2.75) is 50.5 Å². The van der Waals surface area contributed by atoms with Crippen molar-refractivity contribution in [2.24, 2.45) is 0 Å². The maximum absolute atomic E-state index is 12.2. The van der Waals surface area contributed by atoms with Crippen molar-refractivity contribution in [1.29, 1.82) is 0 Å². The van der Waals surface area contributed by atoms with E-state index in [1.165, 1.54) is 17.2 Å². The molecule has 0 spiro atoms. The van der Waals surface area contributed by atoms with Gasteiger partial charge in [-0.2, -0.15) is 0 Å². The highest BCUT2D eigenvalue weighted by molar-refractivity contribution is 5.87.